The summed E-state index contributed by atoms with van der Waals surface area (Å²) >= 11 is 1.43. The number of aldehydes is 1. The minimum absolute atomic E-state index is 0.0417. The largest absolute Gasteiger partial charge is 0.367 e. The Labute approximate surface area is 80.2 Å². The number of hydrogen-bond acceptors (Lipinski definition) is 5. The number of ketones is 1. The molecule has 0 aromatic rings. The van der Waals surface area contributed by atoms with E-state index in [4.69, 9.17) is 5.26 Å². The zero-order valence-electron chi connectivity index (χ0n) is 7.11. The van der Waals surface area contributed by atoms with Crippen LogP contribution in [0.4, 0.5) is 0 Å². The fourth-order valence-corrected chi connectivity index (χ4v) is 2.18. The molecule has 0 aromatic carbocycles. The van der Waals surface area contributed by atoms with E-state index in [9.17, 15) is 9.59 Å². The van der Waals surface area contributed by atoms with Crippen LogP contribution in [0.3, 0.4) is 0 Å². The van der Waals surface area contributed by atoms with E-state index in [0.717, 1.165) is 12.3 Å². The van der Waals surface area contributed by atoms with E-state index in [-0.39, 0.29) is 11.9 Å². The third-order valence-corrected chi connectivity index (χ3v) is 2.87. The van der Waals surface area contributed by atoms with Crippen LogP contribution in [0.5, 0.6) is 0 Å². The first-order chi connectivity index (χ1) is 6.20. The lowest BCUT2D eigenvalue weighted by Crippen LogP contribution is -2.15. The van der Waals surface area contributed by atoms with Crippen molar-refractivity contribution in [3.63, 3.8) is 0 Å². The summed E-state index contributed by atoms with van der Waals surface area (Å²) in [6.45, 7) is 0.803. The van der Waals surface area contributed by atoms with Gasteiger partial charge in [0, 0.05) is 19.3 Å². The molecular formula is C8H8N2O2S. The van der Waals surface area contributed by atoms with Crippen LogP contribution < -0.4 is 0 Å². The van der Waals surface area contributed by atoms with Crippen molar-refractivity contribution < 1.29 is 9.59 Å². The second-order valence-corrected chi connectivity index (χ2v) is 3.63. The molecule has 1 rings (SSSR count). The van der Waals surface area contributed by atoms with Gasteiger partial charge in [0.2, 0.25) is 5.78 Å². The van der Waals surface area contributed by atoms with E-state index in [1.54, 1.807) is 13.1 Å². The maximum Gasteiger partial charge on any atom is 0.238 e. The number of allylic oxidation sites excluding steroid dienone is 1. The first-order valence-corrected chi connectivity index (χ1v) is 4.67. The Hall–Kier alpha value is -1.28. The zero-order chi connectivity index (χ0) is 9.84. The van der Waals surface area contributed by atoms with Gasteiger partial charge < -0.3 is 4.90 Å². The maximum atomic E-state index is 11.0. The summed E-state index contributed by atoms with van der Waals surface area (Å²) in [4.78, 5) is 23.0. The summed E-state index contributed by atoms with van der Waals surface area (Å²) in [7, 11) is 1.80. The number of carbonyl (C=O) groups is 2. The number of carbonyl (C=O) groups excluding carboxylic acids is 2. The molecule has 4 nitrogen and oxygen atoms in total. The fraction of sp³-hybridized carbons (Fsp3) is 0.375. The molecule has 0 bridgehead atoms. The van der Waals surface area contributed by atoms with E-state index in [1.165, 1.54) is 11.8 Å². The number of rotatable bonds is 2. The molecule has 0 saturated carbocycles. The molecule has 0 aromatic heterocycles. The SMILES string of the molecule is CN1CCS/C1=C(\C#N)C(=O)C=O. The molecule has 1 saturated heterocycles. The van der Waals surface area contributed by atoms with Gasteiger partial charge in [-0.25, -0.2) is 0 Å². The minimum Gasteiger partial charge on any atom is -0.367 e. The lowest BCUT2D eigenvalue weighted by atomic mass is 10.2. The monoisotopic (exact) mass is 196 g/mol. The van der Waals surface area contributed by atoms with E-state index in [2.05, 4.69) is 0 Å². The van der Waals surface area contributed by atoms with Gasteiger partial charge in [-0.3, -0.25) is 9.59 Å². The molecule has 0 aliphatic carbocycles. The molecule has 1 fully saturated rings. The highest BCUT2D eigenvalue weighted by Crippen LogP contribution is 2.28. The predicted molar refractivity (Wildman–Crippen MR) is 48.8 cm³/mol. The van der Waals surface area contributed by atoms with Crippen LogP contribution in [0.2, 0.25) is 0 Å². The van der Waals surface area contributed by atoms with Gasteiger partial charge in [0.15, 0.2) is 6.29 Å². The fourth-order valence-electron chi connectivity index (χ4n) is 1.02. The number of thioether (sulfide) groups is 1. The molecule has 1 aliphatic rings. The van der Waals surface area contributed by atoms with Gasteiger partial charge in [0.25, 0.3) is 0 Å². The molecular weight excluding hydrogens is 188 g/mol. The van der Waals surface area contributed by atoms with Crippen LogP contribution in [0.1, 0.15) is 0 Å². The van der Waals surface area contributed by atoms with Crippen molar-refractivity contribution in [2.24, 2.45) is 0 Å². The van der Waals surface area contributed by atoms with Crippen LogP contribution in [-0.2, 0) is 9.59 Å². The van der Waals surface area contributed by atoms with Crippen LogP contribution in [0.25, 0.3) is 0 Å². The standard InChI is InChI=1S/C8H8N2O2S/c1-10-2-3-13-8(10)6(4-9)7(12)5-11/h5H,2-3H2,1H3/b8-6+. The molecule has 13 heavy (non-hydrogen) atoms. The molecule has 0 spiro atoms. The van der Waals surface area contributed by atoms with Crippen LogP contribution in [0.15, 0.2) is 10.6 Å². The molecule has 5 heteroatoms. The van der Waals surface area contributed by atoms with Gasteiger partial charge in [-0.15, -0.1) is 11.8 Å². The van der Waals surface area contributed by atoms with Gasteiger partial charge in [-0.1, -0.05) is 0 Å². The summed E-state index contributed by atoms with van der Waals surface area (Å²) in [6, 6.07) is 1.76. The minimum atomic E-state index is -0.737. The number of Topliss-reactive ketones (excluding diaryl/α,β-unsaturated/α-hetero) is 1. The number of nitrogens with zero attached hydrogens (tertiary/aromatic N) is 2. The van der Waals surface area contributed by atoms with Gasteiger partial charge in [-0.2, -0.15) is 5.26 Å². The first kappa shape index (κ1) is 9.81. The first-order valence-electron chi connectivity index (χ1n) is 3.68. The Kier molecular flexibility index (Phi) is 3.09. The molecule has 0 N–H and O–H groups in total. The van der Waals surface area contributed by atoms with Gasteiger partial charge in [0.05, 0.1) is 5.03 Å². The quantitative estimate of drug-likeness (QED) is 0.272. The third-order valence-electron chi connectivity index (χ3n) is 1.69. The average Bonchev–Trinajstić information content (AvgIpc) is 2.53. The number of hydrogen-bond donors (Lipinski definition) is 0. The van der Waals surface area contributed by atoms with E-state index >= 15 is 0 Å². The van der Waals surface area contributed by atoms with E-state index in [1.807, 2.05) is 4.90 Å². The third kappa shape index (κ3) is 1.90. The Morgan fingerprint density at radius 3 is 2.85 bits per heavy atom. The Morgan fingerprint density at radius 1 is 1.77 bits per heavy atom. The highest BCUT2D eigenvalue weighted by molar-refractivity contribution is 8.03. The highest BCUT2D eigenvalue weighted by atomic mass is 32.2. The molecule has 1 heterocycles. The lowest BCUT2D eigenvalue weighted by Gasteiger charge is -2.11. The molecule has 0 unspecified atom stereocenters. The molecule has 0 radical (unpaired) electrons. The van der Waals surface area contributed by atoms with Crippen LogP contribution in [0, 0.1) is 11.3 Å². The van der Waals surface area contributed by atoms with Crippen LogP contribution in [-0.4, -0.2) is 36.3 Å². The topological polar surface area (TPSA) is 61.2 Å². The van der Waals surface area contributed by atoms with E-state index in [0.29, 0.717) is 5.03 Å². The molecule has 0 amide bonds. The Morgan fingerprint density at radius 2 is 2.46 bits per heavy atom. The molecule has 0 atom stereocenters. The Bertz CT molecular complexity index is 317. The van der Waals surface area contributed by atoms with Crippen molar-refractivity contribution in [2.75, 3.05) is 19.3 Å². The number of nitriles is 1. The summed E-state index contributed by atoms with van der Waals surface area (Å²) in [6.07, 6.45) is 0.179. The maximum absolute atomic E-state index is 11.0. The van der Waals surface area contributed by atoms with Crippen molar-refractivity contribution in [3.8, 4) is 6.07 Å². The second-order valence-electron chi connectivity index (χ2n) is 2.54. The van der Waals surface area contributed by atoms with Crippen molar-refractivity contribution in [1.82, 2.24) is 4.90 Å². The second kappa shape index (κ2) is 4.10. The van der Waals surface area contributed by atoms with Crippen molar-refractivity contribution in [2.45, 2.75) is 0 Å². The van der Waals surface area contributed by atoms with Crippen molar-refractivity contribution in [1.29, 1.82) is 5.26 Å². The molecule has 1 aliphatic heterocycles. The van der Waals surface area contributed by atoms with Crippen LogP contribution >= 0.6 is 11.8 Å². The van der Waals surface area contributed by atoms with Gasteiger partial charge >= 0.3 is 0 Å². The Balaban J connectivity index is 3.05. The molecule has 68 valence electrons. The summed E-state index contributed by atoms with van der Waals surface area (Å²) < 4.78 is 0. The van der Waals surface area contributed by atoms with E-state index < -0.39 is 5.78 Å². The normalized spacial score (nSPS) is 19.5. The van der Waals surface area contributed by atoms with Gasteiger partial charge in [0.1, 0.15) is 11.6 Å². The summed E-state index contributed by atoms with van der Waals surface area (Å²) in [5.74, 6) is 0.113. The predicted octanol–water partition coefficient (Wildman–Crippen LogP) is 0.168. The van der Waals surface area contributed by atoms with Gasteiger partial charge in [-0.05, 0) is 0 Å². The lowest BCUT2D eigenvalue weighted by molar-refractivity contribution is -0.127. The zero-order valence-corrected chi connectivity index (χ0v) is 7.93. The summed E-state index contributed by atoms with van der Waals surface area (Å²) in [5.41, 5.74) is -0.0417. The highest BCUT2D eigenvalue weighted by Gasteiger charge is 2.22. The average molecular weight is 196 g/mol. The van der Waals surface area contributed by atoms with Crippen molar-refractivity contribution in [3.05, 3.63) is 10.6 Å². The smallest absolute Gasteiger partial charge is 0.238 e. The summed E-state index contributed by atoms with van der Waals surface area (Å²) in [5, 5.41) is 9.29. The van der Waals surface area contributed by atoms with Crippen molar-refractivity contribution >= 4 is 23.8 Å².